The van der Waals surface area contributed by atoms with Gasteiger partial charge in [-0.05, 0) is 18.5 Å². The summed E-state index contributed by atoms with van der Waals surface area (Å²) in [6.07, 6.45) is 0.876. The van der Waals surface area contributed by atoms with Crippen molar-refractivity contribution in [1.29, 1.82) is 0 Å². The summed E-state index contributed by atoms with van der Waals surface area (Å²) in [4.78, 5) is 23.8. The van der Waals surface area contributed by atoms with E-state index < -0.39 is 5.97 Å². The molecule has 1 amide bonds. The maximum Gasteiger partial charge on any atom is 0.322 e. The van der Waals surface area contributed by atoms with Crippen LogP contribution in [0.4, 0.5) is 0 Å². The molecule has 0 heterocycles. The van der Waals surface area contributed by atoms with E-state index in [2.05, 4.69) is 17.4 Å². The highest BCUT2D eigenvalue weighted by Crippen LogP contribution is 2.01. The van der Waals surface area contributed by atoms with Crippen molar-refractivity contribution in [2.24, 2.45) is 0 Å². The van der Waals surface area contributed by atoms with Crippen molar-refractivity contribution in [2.75, 3.05) is 26.2 Å². The molecule has 0 radical (unpaired) electrons. The summed E-state index contributed by atoms with van der Waals surface area (Å²) in [6, 6.07) is 10.1. The van der Waals surface area contributed by atoms with Crippen LogP contribution in [0.1, 0.15) is 12.5 Å². The van der Waals surface area contributed by atoms with Crippen molar-refractivity contribution in [3.63, 3.8) is 0 Å². The Hall–Kier alpha value is -1.88. The van der Waals surface area contributed by atoms with E-state index in [1.807, 2.05) is 30.0 Å². The van der Waals surface area contributed by atoms with Gasteiger partial charge in [-0.25, -0.2) is 0 Å². The minimum absolute atomic E-state index is 0.233. The quantitative estimate of drug-likeness (QED) is 0.727. The maximum atomic E-state index is 11.5. The van der Waals surface area contributed by atoms with Crippen LogP contribution >= 0.6 is 0 Å². The number of carboxylic acids is 1. The van der Waals surface area contributed by atoms with Gasteiger partial charge in [0.1, 0.15) is 6.54 Å². The molecule has 0 aromatic heterocycles. The minimum atomic E-state index is -1.03. The molecule has 0 bridgehead atoms. The second-order valence-electron chi connectivity index (χ2n) is 4.27. The zero-order valence-electron chi connectivity index (χ0n) is 11.1. The first kappa shape index (κ1) is 15.2. The SMILES string of the molecule is CCN(CCc1ccccc1)CC(=O)NCC(=O)O. The fourth-order valence-electron chi connectivity index (χ4n) is 1.71. The van der Waals surface area contributed by atoms with Crippen LogP contribution in [0, 0.1) is 0 Å². The lowest BCUT2D eigenvalue weighted by Gasteiger charge is -2.19. The standard InChI is InChI=1S/C14H20N2O3/c1-2-16(11-13(17)15-10-14(18)19)9-8-12-6-4-3-5-7-12/h3-7H,2,8-11H2,1H3,(H,15,17)(H,18,19). The molecule has 19 heavy (non-hydrogen) atoms. The molecule has 1 aromatic rings. The monoisotopic (exact) mass is 264 g/mol. The van der Waals surface area contributed by atoms with E-state index in [0.717, 1.165) is 19.5 Å². The molecule has 0 atom stereocenters. The molecule has 1 rings (SSSR count). The van der Waals surface area contributed by atoms with Gasteiger partial charge in [0.25, 0.3) is 0 Å². The molecule has 0 saturated carbocycles. The van der Waals surface area contributed by atoms with Gasteiger partial charge >= 0.3 is 5.97 Å². The third kappa shape index (κ3) is 6.57. The van der Waals surface area contributed by atoms with E-state index in [1.165, 1.54) is 5.56 Å². The normalized spacial score (nSPS) is 10.4. The minimum Gasteiger partial charge on any atom is -0.480 e. The third-order valence-corrected chi connectivity index (χ3v) is 2.81. The zero-order valence-corrected chi connectivity index (χ0v) is 11.1. The number of rotatable bonds is 8. The lowest BCUT2D eigenvalue weighted by atomic mass is 10.1. The molecule has 104 valence electrons. The summed E-state index contributed by atoms with van der Waals surface area (Å²) >= 11 is 0. The molecule has 0 aliphatic carbocycles. The number of nitrogens with one attached hydrogen (secondary N) is 1. The van der Waals surface area contributed by atoms with E-state index in [9.17, 15) is 9.59 Å². The van der Waals surface area contributed by atoms with Crippen molar-refractivity contribution < 1.29 is 14.7 Å². The number of aliphatic carboxylic acids is 1. The van der Waals surface area contributed by atoms with Gasteiger partial charge in [0.2, 0.25) is 5.91 Å². The van der Waals surface area contributed by atoms with Gasteiger partial charge in [-0.15, -0.1) is 0 Å². The smallest absolute Gasteiger partial charge is 0.322 e. The number of likely N-dealkylation sites (N-methyl/N-ethyl adjacent to an activating group) is 1. The van der Waals surface area contributed by atoms with Crippen molar-refractivity contribution in [3.8, 4) is 0 Å². The number of hydrogen-bond donors (Lipinski definition) is 2. The molecular formula is C14H20N2O3. The van der Waals surface area contributed by atoms with Crippen LogP contribution in [0.5, 0.6) is 0 Å². The number of benzene rings is 1. The average molecular weight is 264 g/mol. The molecule has 0 aliphatic rings. The zero-order chi connectivity index (χ0) is 14.1. The Morgan fingerprint density at radius 1 is 1.26 bits per heavy atom. The Morgan fingerprint density at radius 2 is 1.95 bits per heavy atom. The summed E-state index contributed by atoms with van der Waals surface area (Å²) < 4.78 is 0. The molecule has 2 N–H and O–H groups in total. The second-order valence-corrected chi connectivity index (χ2v) is 4.27. The fraction of sp³-hybridized carbons (Fsp3) is 0.429. The number of carbonyl (C=O) groups is 2. The van der Waals surface area contributed by atoms with E-state index in [0.29, 0.717) is 0 Å². The summed E-state index contributed by atoms with van der Waals surface area (Å²) in [5, 5.41) is 10.8. The number of carboxylic acid groups (broad SMARTS) is 1. The topological polar surface area (TPSA) is 69.6 Å². The first-order chi connectivity index (χ1) is 9.11. The first-order valence-corrected chi connectivity index (χ1v) is 6.36. The van der Waals surface area contributed by atoms with Crippen molar-refractivity contribution in [3.05, 3.63) is 35.9 Å². The molecule has 5 heteroatoms. The molecule has 5 nitrogen and oxygen atoms in total. The van der Waals surface area contributed by atoms with Gasteiger partial charge in [0.05, 0.1) is 6.54 Å². The van der Waals surface area contributed by atoms with Crippen LogP contribution in [0.15, 0.2) is 30.3 Å². The number of hydrogen-bond acceptors (Lipinski definition) is 3. The Labute approximate surface area is 113 Å². The Bertz CT molecular complexity index is 406. The van der Waals surface area contributed by atoms with Crippen molar-refractivity contribution in [2.45, 2.75) is 13.3 Å². The predicted molar refractivity (Wildman–Crippen MR) is 72.9 cm³/mol. The van der Waals surface area contributed by atoms with Crippen LogP contribution in [-0.2, 0) is 16.0 Å². The second kappa shape index (κ2) is 8.26. The fourth-order valence-corrected chi connectivity index (χ4v) is 1.71. The van der Waals surface area contributed by atoms with Crippen LogP contribution in [0.3, 0.4) is 0 Å². The summed E-state index contributed by atoms with van der Waals surface area (Å²) in [7, 11) is 0. The molecule has 0 saturated heterocycles. The number of amides is 1. The van der Waals surface area contributed by atoms with E-state index in [-0.39, 0.29) is 19.0 Å². The highest BCUT2D eigenvalue weighted by atomic mass is 16.4. The molecule has 0 aliphatic heterocycles. The van der Waals surface area contributed by atoms with Crippen LogP contribution < -0.4 is 5.32 Å². The molecular weight excluding hydrogens is 244 g/mol. The largest absolute Gasteiger partial charge is 0.480 e. The Morgan fingerprint density at radius 3 is 2.53 bits per heavy atom. The van der Waals surface area contributed by atoms with Crippen LogP contribution in [0.25, 0.3) is 0 Å². The predicted octanol–water partition coefficient (Wildman–Crippen LogP) is 0.752. The van der Waals surface area contributed by atoms with E-state index >= 15 is 0 Å². The summed E-state index contributed by atoms with van der Waals surface area (Å²) in [5.74, 6) is -1.28. The van der Waals surface area contributed by atoms with Crippen molar-refractivity contribution >= 4 is 11.9 Å². The van der Waals surface area contributed by atoms with Crippen molar-refractivity contribution in [1.82, 2.24) is 10.2 Å². The Balaban J connectivity index is 2.33. The highest BCUT2D eigenvalue weighted by molar-refractivity contribution is 5.82. The lowest BCUT2D eigenvalue weighted by molar-refractivity contribution is -0.138. The van der Waals surface area contributed by atoms with E-state index in [4.69, 9.17) is 5.11 Å². The Kier molecular flexibility index (Phi) is 6.60. The maximum absolute atomic E-state index is 11.5. The molecule has 0 spiro atoms. The highest BCUT2D eigenvalue weighted by Gasteiger charge is 2.09. The van der Waals surface area contributed by atoms with Gasteiger partial charge in [0.15, 0.2) is 0 Å². The number of carbonyl (C=O) groups excluding carboxylic acids is 1. The van der Waals surface area contributed by atoms with E-state index in [1.54, 1.807) is 0 Å². The first-order valence-electron chi connectivity index (χ1n) is 6.36. The van der Waals surface area contributed by atoms with Gasteiger partial charge < -0.3 is 10.4 Å². The molecule has 0 unspecified atom stereocenters. The van der Waals surface area contributed by atoms with Gasteiger partial charge in [-0.1, -0.05) is 37.3 Å². The van der Waals surface area contributed by atoms with Gasteiger partial charge in [-0.2, -0.15) is 0 Å². The third-order valence-electron chi connectivity index (χ3n) is 2.81. The van der Waals surface area contributed by atoms with Crippen LogP contribution in [0.2, 0.25) is 0 Å². The molecule has 0 fully saturated rings. The summed E-state index contributed by atoms with van der Waals surface area (Å²) in [5.41, 5.74) is 1.23. The van der Waals surface area contributed by atoms with Gasteiger partial charge in [0, 0.05) is 6.54 Å². The number of nitrogens with zero attached hydrogens (tertiary/aromatic N) is 1. The molecule has 1 aromatic carbocycles. The summed E-state index contributed by atoms with van der Waals surface area (Å²) in [6.45, 7) is 3.43. The van der Waals surface area contributed by atoms with Crippen LogP contribution in [-0.4, -0.2) is 48.1 Å². The van der Waals surface area contributed by atoms with Gasteiger partial charge in [-0.3, -0.25) is 14.5 Å². The lowest BCUT2D eigenvalue weighted by Crippen LogP contribution is -2.40. The average Bonchev–Trinajstić information content (AvgIpc) is 2.42.